The van der Waals surface area contributed by atoms with Crippen LogP contribution in [-0.2, 0) is 11.2 Å². The van der Waals surface area contributed by atoms with Crippen molar-refractivity contribution in [1.82, 2.24) is 15.1 Å². The molecule has 2 amide bonds. The fourth-order valence-electron chi connectivity index (χ4n) is 5.04. The van der Waals surface area contributed by atoms with Gasteiger partial charge in [0.15, 0.2) is 0 Å². The molecule has 3 aromatic rings. The van der Waals surface area contributed by atoms with E-state index in [1.165, 1.54) is 15.9 Å². The number of halogens is 2. The molecule has 3 heterocycles. The van der Waals surface area contributed by atoms with Crippen LogP contribution in [0.2, 0.25) is 0 Å². The van der Waals surface area contributed by atoms with E-state index in [0.717, 1.165) is 49.2 Å². The molecule has 2 aliphatic rings. The Morgan fingerprint density at radius 2 is 1.86 bits per heavy atom. The second-order valence-electron chi connectivity index (χ2n) is 9.31. The topological polar surface area (TPSA) is 90.7 Å². The third kappa shape index (κ3) is 4.56. The minimum atomic E-state index is -1.12. The fraction of sp³-hybridized carbons (Fsp3) is 0.346. The van der Waals surface area contributed by atoms with Gasteiger partial charge in [0, 0.05) is 24.4 Å². The minimum Gasteiger partial charge on any atom is -0.465 e. The molecular formula is C26H27F2N5O3. The van der Waals surface area contributed by atoms with Crippen LogP contribution in [-0.4, -0.2) is 52.6 Å². The van der Waals surface area contributed by atoms with Crippen LogP contribution in [0.15, 0.2) is 48.8 Å². The van der Waals surface area contributed by atoms with Crippen LogP contribution >= 0.6 is 0 Å². The van der Waals surface area contributed by atoms with Gasteiger partial charge in [0.25, 0.3) is 0 Å². The highest BCUT2D eigenvalue weighted by molar-refractivity contribution is 6.04. The molecule has 2 N–H and O–H groups in total. The van der Waals surface area contributed by atoms with Crippen molar-refractivity contribution in [2.75, 3.05) is 29.4 Å². The Kier molecular flexibility index (Phi) is 6.44. The van der Waals surface area contributed by atoms with Gasteiger partial charge in [-0.25, -0.2) is 13.6 Å². The van der Waals surface area contributed by atoms with Crippen LogP contribution in [0, 0.1) is 11.6 Å². The molecule has 0 saturated carbocycles. The number of nitrogens with zero attached hydrogens (tertiary/aromatic N) is 4. The van der Waals surface area contributed by atoms with Crippen molar-refractivity contribution in [2.24, 2.45) is 0 Å². The number of fused-ring (bicyclic) bond motifs is 1. The van der Waals surface area contributed by atoms with Gasteiger partial charge in [0.05, 0.1) is 36.1 Å². The zero-order chi connectivity index (χ0) is 25.4. The third-order valence-electron chi connectivity index (χ3n) is 6.89. The summed E-state index contributed by atoms with van der Waals surface area (Å²) in [5, 5.41) is 17.7. The highest BCUT2D eigenvalue weighted by Gasteiger charge is 2.35. The molecule has 1 fully saturated rings. The summed E-state index contributed by atoms with van der Waals surface area (Å²) in [6.07, 6.45) is 4.31. The van der Waals surface area contributed by atoms with E-state index in [0.29, 0.717) is 17.4 Å². The molecule has 10 heteroatoms. The molecular weight excluding hydrogens is 468 g/mol. The number of piperidine rings is 1. The van der Waals surface area contributed by atoms with Crippen LogP contribution in [0.4, 0.5) is 25.0 Å². The van der Waals surface area contributed by atoms with E-state index in [4.69, 9.17) is 0 Å². The van der Waals surface area contributed by atoms with Gasteiger partial charge >= 0.3 is 6.09 Å². The molecule has 0 radical (unpaired) electrons. The van der Waals surface area contributed by atoms with Gasteiger partial charge < -0.3 is 15.3 Å². The molecule has 188 valence electrons. The molecule has 0 bridgehead atoms. The van der Waals surface area contributed by atoms with Crippen molar-refractivity contribution < 1.29 is 23.5 Å². The van der Waals surface area contributed by atoms with E-state index in [1.54, 1.807) is 25.3 Å². The van der Waals surface area contributed by atoms with Crippen LogP contribution in [0.3, 0.4) is 0 Å². The smallest absolute Gasteiger partial charge is 0.411 e. The van der Waals surface area contributed by atoms with Crippen LogP contribution < -0.4 is 15.1 Å². The summed E-state index contributed by atoms with van der Waals surface area (Å²) in [6, 6.07) is 8.26. The van der Waals surface area contributed by atoms with Gasteiger partial charge in [0.1, 0.15) is 11.6 Å². The first-order chi connectivity index (χ1) is 17.3. The maximum absolute atomic E-state index is 14.2. The Labute approximate surface area is 207 Å². The molecule has 0 spiro atoms. The average Bonchev–Trinajstić information content (AvgIpc) is 3.36. The number of nitrogens with one attached hydrogen (secondary N) is 1. The molecule has 1 atom stereocenters. The monoisotopic (exact) mass is 495 g/mol. The van der Waals surface area contributed by atoms with Crippen molar-refractivity contribution in [1.29, 1.82) is 0 Å². The van der Waals surface area contributed by atoms with Gasteiger partial charge in [-0.15, -0.1) is 0 Å². The number of carbonyl (C=O) groups excluding carboxylic acids is 1. The molecule has 8 nitrogen and oxygen atoms in total. The zero-order valence-corrected chi connectivity index (χ0v) is 19.8. The van der Waals surface area contributed by atoms with E-state index in [-0.39, 0.29) is 18.5 Å². The van der Waals surface area contributed by atoms with Crippen LogP contribution in [0.25, 0.3) is 11.1 Å². The first kappa shape index (κ1) is 23.9. The number of hydrogen-bond donors (Lipinski definition) is 2. The lowest BCUT2D eigenvalue weighted by molar-refractivity contribution is -0.118. The Morgan fingerprint density at radius 1 is 1.08 bits per heavy atom. The van der Waals surface area contributed by atoms with Gasteiger partial charge in [-0.3, -0.25) is 14.4 Å². The standard InChI is InChI=1S/C26H27F2N5O3/c1-16-14-31(26(35)36)24-10-17(19-13-30-32(15-19)21-6-8-29-9-7-21)3-5-23(24)33(16)25(34)11-18-2-4-20(27)12-22(18)28/h2-5,10,12-13,15-16,21,29H,6-9,11,14H2,1H3,(H,35,36). The number of hydrogen-bond acceptors (Lipinski definition) is 4. The summed E-state index contributed by atoms with van der Waals surface area (Å²) in [7, 11) is 0. The number of amides is 2. The maximum atomic E-state index is 14.2. The van der Waals surface area contributed by atoms with E-state index >= 15 is 0 Å². The van der Waals surface area contributed by atoms with Gasteiger partial charge in [-0.2, -0.15) is 5.10 Å². The lowest BCUT2D eigenvalue weighted by Crippen LogP contribution is -2.52. The van der Waals surface area contributed by atoms with Crippen molar-refractivity contribution in [2.45, 2.75) is 38.3 Å². The number of anilines is 2. The van der Waals surface area contributed by atoms with Crippen molar-refractivity contribution >= 4 is 23.4 Å². The van der Waals surface area contributed by atoms with Gasteiger partial charge in [-0.05, 0) is 62.2 Å². The predicted octanol–water partition coefficient (Wildman–Crippen LogP) is 4.22. The van der Waals surface area contributed by atoms with Gasteiger partial charge in [-0.1, -0.05) is 12.1 Å². The number of aromatic nitrogens is 2. The van der Waals surface area contributed by atoms with E-state index in [2.05, 4.69) is 10.4 Å². The largest absolute Gasteiger partial charge is 0.465 e. The van der Waals surface area contributed by atoms with E-state index in [1.807, 2.05) is 16.9 Å². The highest BCUT2D eigenvalue weighted by Crippen LogP contribution is 2.39. The molecule has 36 heavy (non-hydrogen) atoms. The fourth-order valence-corrected chi connectivity index (χ4v) is 5.04. The molecule has 2 aromatic carbocycles. The summed E-state index contributed by atoms with van der Waals surface area (Å²) >= 11 is 0. The highest BCUT2D eigenvalue weighted by atomic mass is 19.1. The number of rotatable bonds is 4. The quantitative estimate of drug-likeness (QED) is 0.566. The first-order valence-corrected chi connectivity index (χ1v) is 12.0. The predicted molar refractivity (Wildman–Crippen MR) is 131 cm³/mol. The summed E-state index contributed by atoms with van der Waals surface area (Å²) < 4.78 is 29.5. The first-order valence-electron chi connectivity index (χ1n) is 12.0. The Balaban J connectivity index is 1.47. The summed E-state index contributed by atoms with van der Waals surface area (Å²) in [5.41, 5.74) is 2.52. The van der Waals surface area contributed by atoms with Crippen LogP contribution in [0.1, 0.15) is 31.4 Å². The Hall–Kier alpha value is -3.79. The third-order valence-corrected chi connectivity index (χ3v) is 6.89. The molecule has 1 aromatic heterocycles. The average molecular weight is 496 g/mol. The van der Waals surface area contributed by atoms with E-state index in [9.17, 15) is 23.5 Å². The minimum absolute atomic E-state index is 0.0672. The molecule has 2 aliphatic heterocycles. The Morgan fingerprint density at radius 3 is 2.58 bits per heavy atom. The Bertz CT molecular complexity index is 1300. The lowest BCUT2D eigenvalue weighted by atomic mass is 10.0. The molecule has 0 aliphatic carbocycles. The summed E-state index contributed by atoms with van der Waals surface area (Å²) in [4.78, 5) is 28.1. The molecule has 5 rings (SSSR count). The summed E-state index contributed by atoms with van der Waals surface area (Å²) in [5.74, 6) is -1.90. The van der Waals surface area contributed by atoms with Crippen molar-refractivity contribution in [3.05, 3.63) is 66.0 Å². The number of benzene rings is 2. The zero-order valence-electron chi connectivity index (χ0n) is 19.8. The maximum Gasteiger partial charge on any atom is 0.411 e. The van der Waals surface area contributed by atoms with Crippen molar-refractivity contribution in [3.63, 3.8) is 0 Å². The van der Waals surface area contributed by atoms with Crippen LogP contribution in [0.5, 0.6) is 0 Å². The second-order valence-corrected chi connectivity index (χ2v) is 9.31. The molecule has 1 saturated heterocycles. The normalized spacial score (nSPS) is 18.2. The number of carboxylic acid groups (broad SMARTS) is 1. The lowest BCUT2D eigenvalue weighted by Gasteiger charge is -2.40. The van der Waals surface area contributed by atoms with Gasteiger partial charge in [0.2, 0.25) is 5.91 Å². The summed E-state index contributed by atoms with van der Waals surface area (Å²) in [6.45, 7) is 3.69. The van der Waals surface area contributed by atoms with E-state index < -0.39 is 29.7 Å². The van der Waals surface area contributed by atoms with Crippen molar-refractivity contribution in [3.8, 4) is 11.1 Å². The number of carbonyl (C=O) groups is 2. The molecule has 1 unspecified atom stereocenters. The SMILES string of the molecule is CC1CN(C(=O)O)c2cc(-c3cnn(C4CCNCC4)c3)ccc2N1C(=O)Cc1ccc(F)cc1F. The second kappa shape index (κ2) is 9.69.